The Hall–Kier alpha value is -2.85. The van der Waals surface area contributed by atoms with Gasteiger partial charge in [0, 0.05) is 13.1 Å². The molecule has 42 heavy (non-hydrogen) atoms. The van der Waals surface area contributed by atoms with E-state index in [0.29, 0.717) is 29.2 Å². The molecule has 0 radical (unpaired) electrons. The van der Waals surface area contributed by atoms with E-state index in [1.807, 2.05) is 13.0 Å². The summed E-state index contributed by atoms with van der Waals surface area (Å²) in [5.41, 5.74) is 7.71. The van der Waals surface area contributed by atoms with Crippen molar-refractivity contribution < 1.29 is 5.11 Å². The number of nitrogens with one attached hydrogen (secondary N) is 3. The Labute approximate surface area is 255 Å². The van der Waals surface area contributed by atoms with Crippen LogP contribution in [0.2, 0.25) is 0 Å². The quantitative estimate of drug-likeness (QED) is 0.0521. The third kappa shape index (κ3) is 13.9. The normalized spacial score (nSPS) is 11.4. The van der Waals surface area contributed by atoms with E-state index < -0.39 is 0 Å². The van der Waals surface area contributed by atoms with Gasteiger partial charge in [0.15, 0.2) is 5.75 Å². The number of benzene rings is 1. The molecule has 2 aromatic rings. The second-order valence-electron chi connectivity index (χ2n) is 11.3. The molecule has 10 heteroatoms. The van der Waals surface area contributed by atoms with Crippen LogP contribution in [0.15, 0.2) is 12.1 Å². The smallest absolute Gasteiger partial charge is 0.233 e. The Morgan fingerprint density at radius 2 is 1.05 bits per heavy atom. The topological polar surface area (TPSA) is 127 Å². The van der Waals surface area contributed by atoms with Crippen LogP contribution in [-0.4, -0.2) is 82.2 Å². The second kappa shape index (κ2) is 20.9. The summed E-state index contributed by atoms with van der Waals surface area (Å²) in [5, 5.41) is 20.5. The van der Waals surface area contributed by atoms with E-state index in [-0.39, 0.29) is 5.75 Å². The number of nitrogens with zero attached hydrogens (tertiary/aromatic N) is 5. The number of nitrogens with two attached hydrogens (primary N) is 1. The number of aromatic hydroxyl groups is 1. The maximum Gasteiger partial charge on any atom is 0.233 e. The lowest BCUT2D eigenvalue weighted by molar-refractivity contribution is 0.264. The van der Waals surface area contributed by atoms with Crippen LogP contribution in [0.1, 0.15) is 97.5 Å². The van der Waals surface area contributed by atoms with Gasteiger partial charge in [-0.25, -0.2) is 0 Å². The minimum absolute atomic E-state index is 0.0106. The molecule has 0 aliphatic carbocycles. The highest BCUT2D eigenvalue weighted by molar-refractivity contribution is 5.73. The molecule has 0 aliphatic rings. The largest absolute Gasteiger partial charge is 0.504 e. The molecule has 10 nitrogen and oxygen atoms in total. The predicted molar refractivity (Wildman–Crippen MR) is 179 cm³/mol. The van der Waals surface area contributed by atoms with E-state index in [2.05, 4.69) is 68.4 Å². The van der Waals surface area contributed by atoms with E-state index in [1.165, 1.54) is 51.4 Å². The van der Waals surface area contributed by atoms with Gasteiger partial charge in [0.25, 0.3) is 0 Å². The summed E-state index contributed by atoms with van der Waals surface area (Å²) in [5.74, 6) is 1.37. The molecule has 0 bridgehead atoms. The van der Waals surface area contributed by atoms with Crippen LogP contribution in [0.3, 0.4) is 0 Å². The van der Waals surface area contributed by atoms with Gasteiger partial charge in [0.2, 0.25) is 17.8 Å². The molecule has 0 unspecified atom stereocenters. The lowest BCUT2D eigenvalue weighted by Crippen LogP contribution is -2.28. The van der Waals surface area contributed by atoms with Gasteiger partial charge < -0.3 is 36.6 Å². The first-order valence-corrected chi connectivity index (χ1v) is 16.4. The number of unbranched alkanes of at least 4 members (excludes halogenated alkanes) is 4. The van der Waals surface area contributed by atoms with E-state index in [4.69, 9.17) is 5.73 Å². The van der Waals surface area contributed by atoms with Crippen molar-refractivity contribution in [2.24, 2.45) is 0 Å². The Bertz CT molecular complexity index is 942. The van der Waals surface area contributed by atoms with E-state index in [0.717, 1.165) is 70.8 Å². The van der Waals surface area contributed by atoms with Crippen LogP contribution >= 0.6 is 0 Å². The summed E-state index contributed by atoms with van der Waals surface area (Å²) in [4.78, 5) is 19.0. The number of phenols is 1. The van der Waals surface area contributed by atoms with Crippen molar-refractivity contribution in [2.45, 2.75) is 98.8 Å². The van der Waals surface area contributed by atoms with Crippen LogP contribution in [0, 0.1) is 6.92 Å². The van der Waals surface area contributed by atoms with Crippen molar-refractivity contribution >= 4 is 29.2 Å². The SMILES string of the molecule is CCCCN(CCCC)CCCNc1nc(NCCCN(CCCC)CCCC)nc(Nc2cc(C)cc(N)c2O)n1. The molecule has 1 aromatic carbocycles. The van der Waals surface area contributed by atoms with Crippen LogP contribution in [-0.2, 0) is 0 Å². The lowest BCUT2D eigenvalue weighted by atomic mass is 10.2. The van der Waals surface area contributed by atoms with Gasteiger partial charge in [-0.05, 0) is 102 Å². The van der Waals surface area contributed by atoms with Crippen molar-refractivity contribution in [3.8, 4) is 5.75 Å². The van der Waals surface area contributed by atoms with Crippen molar-refractivity contribution in [3.63, 3.8) is 0 Å². The molecule has 238 valence electrons. The fraction of sp³-hybridized carbons (Fsp3) is 0.719. The number of anilines is 5. The van der Waals surface area contributed by atoms with Crippen LogP contribution < -0.4 is 21.7 Å². The Morgan fingerprint density at radius 1 is 0.643 bits per heavy atom. The standard InChI is InChI=1S/C32H59N9O/c1-6-10-18-40(19-11-7-2)22-14-16-34-30-37-31(35-17-15-23-41(20-12-8-3)21-13-9-4)39-32(38-30)36-28-25-26(5)24-27(33)29(28)42/h24-25,42H,6-23,33H2,1-5H3,(H3,34,35,36,37,38,39). The summed E-state index contributed by atoms with van der Waals surface area (Å²) in [7, 11) is 0. The highest BCUT2D eigenvalue weighted by atomic mass is 16.3. The molecule has 6 N–H and O–H groups in total. The minimum Gasteiger partial charge on any atom is -0.504 e. The fourth-order valence-corrected chi connectivity index (χ4v) is 4.82. The van der Waals surface area contributed by atoms with Crippen LogP contribution in [0.4, 0.5) is 29.2 Å². The van der Waals surface area contributed by atoms with Crippen molar-refractivity contribution in [2.75, 3.05) is 74.0 Å². The van der Waals surface area contributed by atoms with Crippen LogP contribution in [0.25, 0.3) is 0 Å². The predicted octanol–water partition coefficient (Wildman–Crippen LogP) is 6.62. The van der Waals surface area contributed by atoms with Gasteiger partial charge in [-0.2, -0.15) is 15.0 Å². The number of aryl methyl sites for hydroxylation is 1. The summed E-state index contributed by atoms with van der Waals surface area (Å²) in [6.07, 6.45) is 11.8. The van der Waals surface area contributed by atoms with Gasteiger partial charge in [-0.15, -0.1) is 0 Å². The lowest BCUT2D eigenvalue weighted by Gasteiger charge is -2.22. The molecule has 2 rings (SSSR count). The Kier molecular flexibility index (Phi) is 17.6. The number of phenolic OH excluding ortho intramolecular Hbond substituents is 1. The van der Waals surface area contributed by atoms with E-state index >= 15 is 0 Å². The first-order chi connectivity index (χ1) is 20.4. The third-order valence-corrected chi connectivity index (χ3v) is 7.35. The Balaban J connectivity index is 2.07. The number of hydrogen-bond acceptors (Lipinski definition) is 10. The van der Waals surface area contributed by atoms with E-state index in [1.54, 1.807) is 6.07 Å². The molecule has 0 spiro atoms. The van der Waals surface area contributed by atoms with Gasteiger partial charge >= 0.3 is 0 Å². The molecular weight excluding hydrogens is 526 g/mol. The number of rotatable bonds is 24. The molecule has 0 amide bonds. The fourth-order valence-electron chi connectivity index (χ4n) is 4.82. The highest BCUT2D eigenvalue weighted by Crippen LogP contribution is 2.33. The first kappa shape index (κ1) is 35.3. The van der Waals surface area contributed by atoms with Gasteiger partial charge in [-0.3, -0.25) is 0 Å². The average Bonchev–Trinajstić information content (AvgIpc) is 2.97. The molecule has 1 aromatic heterocycles. The molecular formula is C32H59N9O. The zero-order valence-electron chi connectivity index (χ0n) is 27.1. The zero-order valence-corrected chi connectivity index (χ0v) is 27.1. The Morgan fingerprint density at radius 3 is 1.48 bits per heavy atom. The van der Waals surface area contributed by atoms with Crippen molar-refractivity contribution in [3.05, 3.63) is 17.7 Å². The van der Waals surface area contributed by atoms with Gasteiger partial charge in [0.05, 0.1) is 11.4 Å². The van der Waals surface area contributed by atoms with Crippen LogP contribution in [0.5, 0.6) is 5.75 Å². The maximum atomic E-state index is 10.5. The number of nitrogen functional groups attached to an aromatic ring is 1. The number of hydrogen-bond donors (Lipinski definition) is 5. The second-order valence-corrected chi connectivity index (χ2v) is 11.3. The molecule has 0 saturated carbocycles. The summed E-state index contributed by atoms with van der Waals surface area (Å²) >= 11 is 0. The number of aromatic nitrogens is 3. The molecule has 0 saturated heterocycles. The minimum atomic E-state index is -0.0106. The third-order valence-electron chi connectivity index (χ3n) is 7.35. The monoisotopic (exact) mass is 585 g/mol. The van der Waals surface area contributed by atoms with E-state index in [9.17, 15) is 5.11 Å². The molecule has 1 heterocycles. The average molecular weight is 586 g/mol. The summed E-state index contributed by atoms with van der Waals surface area (Å²) < 4.78 is 0. The highest BCUT2D eigenvalue weighted by Gasteiger charge is 2.12. The molecule has 0 atom stereocenters. The van der Waals surface area contributed by atoms with Gasteiger partial charge in [0.1, 0.15) is 0 Å². The summed E-state index contributed by atoms with van der Waals surface area (Å²) in [6, 6.07) is 3.57. The van der Waals surface area contributed by atoms with Crippen molar-refractivity contribution in [1.29, 1.82) is 0 Å². The zero-order chi connectivity index (χ0) is 30.6. The first-order valence-electron chi connectivity index (χ1n) is 16.4. The summed E-state index contributed by atoms with van der Waals surface area (Å²) in [6.45, 7) is 19.2. The molecule has 0 fully saturated rings. The maximum absolute atomic E-state index is 10.5. The van der Waals surface area contributed by atoms with Gasteiger partial charge in [-0.1, -0.05) is 53.4 Å². The molecule has 0 aliphatic heterocycles. The van der Waals surface area contributed by atoms with Crippen molar-refractivity contribution in [1.82, 2.24) is 24.8 Å².